The zero-order chi connectivity index (χ0) is 21.6. The normalized spacial score (nSPS) is 12.3. The predicted molar refractivity (Wildman–Crippen MR) is 84.7 cm³/mol. The van der Waals surface area contributed by atoms with Crippen molar-refractivity contribution in [3.8, 4) is 0 Å². The van der Waals surface area contributed by atoms with E-state index in [1.165, 1.54) is 0 Å². The second kappa shape index (κ2) is 7.67. The van der Waals surface area contributed by atoms with Crippen LogP contribution in [0.4, 0.5) is 43.9 Å². The first-order valence-corrected chi connectivity index (χ1v) is 8.80. The van der Waals surface area contributed by atoms with Crippen molar-refractivity contribution in [1.82, 2.24) is 0 Å². The van der Waals surface area contributed by atoms with Gasteiger partial charge in [-0.1, -0.05) is 0 Å². The third kappa shape index (κ3) is 3.46. The van der Waals surface area contributed by atoms with E-state index in [0.717, 1.165) is 0 Å². The largest absolute Gasteiger partial charge is 0.207 e. The van der Waals surface area contributed by atoms with Crippen LogP contribution < -0.4 is 15.9 Å². The van der Waals surface area contributed by atoms with Crippen molar-refractivity contribution in [2.75, 3.05) is 0 Å². The van der Waals surface area contributed by atoms with Gasteiger partial charge in [-0.05, 0) is 32.2 Å². The lowest BCUT2D eigenvalue weighted by Gasteiger charge is -2.22. The van der Waals surface area contributed by atoms with Crippen LogP contribution in [0, 0.1) is 58.2 Å². The van der Waals surface area contributed by atoms with Gasteiger partial charge in [-0.25, -0.2) is 43.9 Å². The summed E-state index contributed by atoms with van der Waals surface area (Å²) >= 11 is 0. The molecule has 0 aliphatic carbocycles. The predicted octanol–water partition coefficient (Wildman–Crippen LogP) is 4.84. The van der Waals surface area contributed by atoms with Gasteiger partial charge in [0.05, 0.1) is 5.30 Å². The second-order valence-corrected chi connectivity index (χ2v) is 7.63. The van der Waals surface area contributed by atoms with Crippen molar-refractivity contribution in [2.45, 2.75) is 0 Å². The highest BCUT2D eigenvalue weighted by molar-refractivity contribution is 7.79. The molecule has 0 aliphatic heterocycles. The standard InChI is InChI=1S/C18H5F10P/c19-6-1-3-9(8(21)5-6)29(10-4-2-7(20)11(22)12(10)23)18-16(27)14(25)13(24)15(26)17(18)28/h1-5H. The molecule has 0 fully saturated rings. The molecule has 0 amide bonds. The summed E-state index contributed by atoms with van der Waals surface area (Å²) in [6.45, 7) is 0. The van der Waals surface area contributed by atoms with Crippen molar-refractivity contribution in [3.05, 3.63) is 88.5 Å². The molecule has 0 radical (unpaired) electrons. The molecule has 0 heterocycles. The van der Waals surface area contributed by atoms with Crippen LogP contribution in [-0.2, 0) is 0 Å². The van der Waals surface area contributed by atoms with Crippen LogP contribution in [0.5, 0.6) is 0 Å². The number of hydrogen-bond acceptors (Lipinski definition) is 0. The summed E-state index contributed by atoms with van der Waals surface area (Å²) < 4.78 is 138. The topological polar surface area (TPSA) is 0 Å². The minimum Gasteiger partial charge on any atom is -0.207 e. The zero-order valence-corrected chi connectivity index (χ0v) is 14.5. The van der Waals surface area contributed by atoms with Gasteiger partial charge in [0.1, 0.15) is 11.6 Å². The number of hydrogen-bond donors (Lipinski definition) is 0. The van der Waals surface area contributed by atoms with Gasteiger partial charge in [-0.15, -0.1) is 0 Å². The minimum atomic E-state index is -3.34. The number of benzene rings is 3. The quantitative estimate of drug-likeness (QED) is 0.236. The van der Waals surface area contributed by atoms with Gasteiger partial charge in [0, 0.05) is 16.7 Å². The van der Waals surface area contributed by atoms with Crippen LogP contribution in [-0.4, -0.2) is 0 Å². The van der Waals surface area contributed by atoms with Crippen LogP contribution in [0.25, 0.3) is 0 Å². The van der Waals surface area contributed by atoms with E-state index in [1.54, 1.807) is 0 Å². The Morgan fingerprint density at radius 3 is 1.52 bits per heavy atom. The van der Waals surface area contributed by atoms with Crippen LogP contribution >= 0.6 is 7.92 Å². The van der Waals surface area contributed by atoms with Crippen LogP contribution in [0.3, 0.4) is 0 Å². The van der Waals surface area contributed by atoms with Crippen molar-refractivity contribution in [3.63, 3.8) is 0 Å². The molecule has 0 nitrogen and oxygen atoms in total. The molecular weight excluding hydrogens is 437 g/mol. The molecule has 11 heteroatoms. The molecule has 0 saturated heterocycles. The van der Waals surface area contributed by atoms with Crippen LogP contribution in [0.2, 0.25) is 0 Å². The lowest BCUT2D eigenvalue weighted by molar-refractivity contribution is 0.384. The molecule has 0 aliphatic rings. The zero-order valence-electron chi connectivity index (χ0n) is 13.6. The lowest BCUT2D eigenvalue weighted by Crippen LogP contribution is -2.31. The Kier molecular flexibility index (Phi) is 5.58. The molecule has 0 saturated carbocycles. The highest BCUT2D eigenvalue weighted by atomic mass is 31.1. The van der Waals surface area contributed by atoms with Crippen molar-refractivity contribution < 1.29 is 43.9 Å². The van der Waals surface area contributed by atoms with Gasteiger partial charge >= 0.3 is 0 Å². The molecule has 0 bridgehead atoms. The molecule has 3 aromatic carbocycles. The Bertz CT molecular complexity index is 1100. The molecule has 29 heavy (non-hydrogen) atoms. The van der Waals surface area contributed by atoms with Gasteiger partial charge < -0.3 is 0 Å². The van der Waals surface area contributed by atoms with Crippen molar-refractivity contribution in [1.29, 1.82) is 0 Å². The van der Waals surface area contributed by atoms with E-state index in [2.05, 4.69) is 0 Å². The third-order valence-electron chi connectivity index (χ3n) is 3.82. The third-order valence-corrected chi connectivity index (χ3v) is 6.33. The SMILES string of the molecule is Fc1ccc(P(c2ccc(F)c(F)c2F)c2c(F)c(F)c(F)c(F)c2F)c(F)c1. The Morgan fingerprint density at radius 1 is 0.448 bits per heavy atom. The number of rotatable bonds is 3. The molecule has 3 aromatic rings. The fourth-order valence-corrected chi connectivity index (χ4v) is 4.86. The lowest BCUT2D eigenvalue weighted by atomic mass is 10.3. The highest BCUT2D eigenvalue weighted by Crippen LogP contribution is 2.39. The average molecular weight is 442 g/mol. The molecule has 3 rings (SSSR count). The summed E-state index contributed by atoms with van der Waals surface area (Å²) in [5, 5.41) is -3.62. The molecule has 1 unspecified atom stereocenters. The van der Waals surface area contributed by atoms with Gasteiger partial charge in [-0.2, -0.15) is 0 Å². The Labute approximate surface area is 157 Å². The van der Waals surface area contributed by atoms with Crippen molar-refractivity contribution in [2.24, 2.45) is 0 Å². The summed E-state index contributed by atoms with van der Waals surface area (Å²) in [7, 11) is -3.34. The average Bonchev–Trinajstić information content (AvgIpc) is 2.68. The van der Waals surface area contributed by atoms with Crippen LogP contribution in [0.1, 0.15) is 0 Å². The summed E-state index contributed by atoms with van der Waals surface area (Å²) in [5.74, 6) is -20.7. The van der Waals surface area contributed by atoms with E-state index in [9.17, 15) is 43.9 Å². The van der Waals surface area contributed by atoms with Gasteiger partial charge in [-0.3, -0.25) is 0 Å². The van der Waals surface area contributed by atoms with E-state index in [0.29, 0.717) is 24.3 Å². The maximum Gasteiger partial charge on any atom is 0.200 e. The Balaban J connectivity index is 2.45. The first-order valence-electron chi connectivity index (χ1n) is 7.46. The maximum absolute atomic E-state index is 14.4. The van der Waals surface area contributed by atoms with Crippen LogP contribution in [0.15, 0.2) is 30.3 Å². The minimum absolute atomic E-state index is 0.217. The summed E-state index contributed by atoms with van der Waals surface area (Å²) in [6.07, 6.45) is 0. The van der Waals surface area contributed by atoms with Gasteiger partial charge in [0.15, 0.2) is 40.7 Å². The van der Waals surface area contributed by atoms with E-state index in [1.807, 2.05) is 0 Å². The summed E-state index contributed by atoms with van der Waals surface area (Å²) in [6, 6.07) is 2.18. The monoisotopic (exact) mass is 442 g/mol. The van der Waals surface area contributed by atoms with E-state index in [4.69, 9.17) is 0 Å². The second-order valence-electron chi connectivity index (χ2n) is 5.54. The molecule has 152 valence electrons. The smallest absolute Gasteiger partial charge is 0.200 e. The fraction of sp³-hybridized carbons (Fsp3) is 0. The van der Waals surface area contributed by atoms with Gasteiger partial charge in [0.25, 0.3) is 0 Å². The van der Waals surface area contributed by atoms with Gasteiger partial charge in [0.2, 0.25) is 5.82 Å². The maximum atomic E-state index is 14.4. The molecule has 1 atom stereocenters. The highest BCUT2D eigenvalue weighted by Gasteiger charge is 2.35. The van der Waals surface area contributed by atoms with Crippen molar-refractivity contribution >= 4 is 23.8 Å². The molecule has 0 N–H and O–H groups in total. The van der Waals surface area contributed by atoms with E-state index >= 15 is 0 Å². The molecule has 0 aromatic heterocycles. The Morgan fingerprint density at radius 2 is 0.966 bits per heavy atom. The first-order chi connectivity index (χ1) is 13.6. The summed E-state index contributed by atoms with van der Waals surface area (Å²) in [5.41, 5.74) is 0. The molecule has 0 spiro atoms. The fourth-order valence-electron chi connectivity index (χ4n) is 2.51. The number of halogens is 10. The molecular formula is C18H5F10P. The van der Waals surface area contributed by atoms with E-state index < -0.39 is 82.0 Å². The van der Waals surface area contributed by atoms with E-state index in [-0.39, 0.29) is 6.07 Å². The summed E-state index contributed by atoms with van der Waals surface area (Å²) in [4.78, 5) is 0. The Hall–Kier alpha value is -2.61. The first kappa shape index (κ1) is 21.1.